The number of carbonyl (C=O) groups excluding carboxylic acids is 1. The molecule has 0 spiro atoms. The van der Waals surface area contributed by atoms with Gasteiger partial charge < -0.3 is 16.3 Å². The summed E-state index contributed by atoms with van der Waals surface area (Å²) in [7, 11) is 0. The lowest BCUT2D eigenvalue weighted by Crippen LogP contribution is -2.30. The topological polar surface area (TPSA) is 87.7 Å². The third kappa shape index (κ3) is 3.29. The largest absolute Gasteiger partial charge is 0.409 e. The molecule has 108 valence electrons. The highest BCUT2D eigenvalue weighted by atomic mass is 16.4. The molecule has 0 saturated heterocycles. The van der Waals surface area contributed by atoms with Crippen molar-refractivity contribution in [2.75, 3.05) is 5.32 Å². The molecule has 5 heteroatoms. The molecule has 20 heavy (non-hydrogen) atoms. The van der Waals surface area contributed by atoms with Crippen molar-refractivity contribution >= 4 is 17.4 Å². The van der Waals surface area contributed by atoms with Crippen LogP contribution < -0.4 is 11.1 Å². The third-order valence-corrected chi connectivity index (χ3v) is 3.98. The molecule has 0 radical (unpaired) electrons. The van der Waals surface area contributed by atoms with E-state index in [9.17, 15) is 4.79 Å². The van der Waals surface area contributed by atoms with Crippen molar-refractivity contribution in [3.63, 3.8) is 0 Å². The fourth-order valence-electron chi connectivity index (χ4n) is 2.61. The normalized spacial score (nSPS) is 17.9. The van der Waals surface area contributed by atoms with Crippen molar-refractivity contribution in [1.82, 2.24) is 0 Å². The quantitative estimate of drug-likeness (QED) is 0.341. The molecule has 5 nitrogen and oxygen atoms in total. The van der Waals surface area contributed by atoms with Gasteiger partial charge in [-0.3, -0.25) is 4.79 Å². The Bertz CT molecular complexity index is 502. The van der Waals surface area contributed by atoms with Crippen LogP contribution in [0, 0.1) is 5.41 Å². The molecule has 1 aromatic rings. The maximum atomic E-state index is 12.3. The number of nitrogens with one attached hydrogen (secondary N) is 1. The van der Waals surface area contributed by atoms with Crippen LogP contribution in [0.15, 0.2) is 29.4 Å². The smallest absolute Gasteiger partial charge is 0.230 e. The minimum atomic E-state index is -0.230. The van der Waals surface area contributed by atoms with E-state index in [2.05, 4.69) is 10.5 Å². The highest BCUT2D eigenvalue weighted by Gasteiger charge is 2.36. The minimum absolute atomic E-state index is 0.0965. The number of hydrogen-bond donors (Lipinski definition) is 3. The predicted octanol–water partition coefficient (Wildman–Crippen LogP) is 2.49. The molecule has 0 aliphatic heterocycles. The first-order chi connectivity index (χ1) is 9.53. The highest BCUT2D eigenvalue weighted by Crippen LogP contribution is 2.38. The highest BCUT2D eigenvalue weighted by molar-refractivity contribution is 5.95. The molecule has 0 bridgehead atoms. The summed E-state index contributed by atoms with van der Waals surface area (Å²) in [6.45, 7) is 2.03. The SMILES string of the molecule is CC1(C(=O)Nc2ccc(C/C(N)=N/O)cc2)CCCC1. The van der Waals surface area contributed by atoms with Gasteiger partial charge in [-0.1, -0.05) is 37.1 Å². The molecule has 1 saturated carbocycles. The monoisotopic (exact) mass is 275 g/mol. The standard InChI is InChI=1S/C15H21N3O2/c1-15(8-2-3-9-15)14(19)17-12-6-4-11(5-7-12)10-13(16)18-20/h4-7,20H,2-3,8-10H2,1H3,(H2,16,18)(H,17,19). The number of carbonyl (C=O) groups is 1. The number of nitrogens with zero attached hydrogens (tertiary/aromatic N) is 1. The molecule has 1 amide bonds. The summed E-state index contributed by atoms with van der Waals surface area (Å²) < 4.78 is 0. The Morgan fingerprint density at radius 1 is 1.35 bits per heavy atom. The number of rotatable bonds is 4. The molecular formula is C15H21N3O2. The van der Waals surface area contributed by atoms with Crippen LogP contribution >= 0.6 is 0 Å². The van der Waals surface area contributed by atoms with Crippen LogP contribution in [0.4, 0.5) is 5.69 Å². The van der Waals surface area contributed by atoms with Crippen molar-refractivity contribution in [2.24, 2.45) is 16.3 Å². The maximum absolute atomic E-state index is 12.3. The molecule has 0 heterocycles. The first kappa shape index (κ1) is 14.4. The van der Waals surface area contributed by atoms with Gasteiger partial charge in [-0.25, -0.2) is 0 Å². The van der Waals surface area contributed by atoms with E-state index in [1.165, 1.54) is 0 Å². The summed E-state index contributed by atoms with van der Waals surface area (Å²) in [5.41, 5.74) is 6.94. The van der Waals surface area contributed by atoms with Crippen LogP contribution in [0.25, 0.3) is 0 Å². The Morgan fingerprint density at radius 3 is 2.50 bits per heavy atom. The summed E-state index contributed by atoms with van der Waals surface area (Å²) >= 11 is 0. The van der Waals surface area contributed by atoms with E-state index in [1.807, 2.05) is 31.2 Å². The Kier molecular flexibility index (Phi) is 4.27. The maximum Gasteiger partial charge on any atom is 0.230 e. The van der Waals surface area contributed by atoms with Gasteiger partial charge in [-0.15, -0.1) is 0 Å². The summed E-state index contributed by atoms with van der Waals surface area (Å²) in [5.74, 6) is 0.263. The third-order valence-electron chi connectivity index (χ3n) is 3.98. The van der Waals surface area contributed by atoms with E-state index < -0.39 is 0 Å². The van der Waals surface area contributed by atoms with Gasteiger partial charge in [0.15, 0.2) is 0 Å². The number of hydrogen-bond acceptors (Lipinski definition) is 3. The lowest BCUT2D eigenvalue weighted by molar-refractivity contribution is -0.124. The Morgan fingerprint density at radius 2 is 1.95 bits per heavy atom. The van der Waals surface area contributed by atoms with Crippen molar-refractivity contribution in [3.8, 4) is 0 Å². The Labute approximate surface area is 118 Å². The number of anilines is 1. The molecule has 1 aliphatic carbocycles. The van der Waals surface area contributed by atoms with Crippen molar-refractivity contribution in [3.05, 3.63) is 29.8 Å². The molecule has 1 aliphatic rings. The average Bonchev–Trinajstić information content (AvgIpc) is 2.89. The molecule has 4 N–H and O–H groups in total. The van der Waals surface area contributed by atoms with Gasteiger partial charge in [0, 0.05) is 17.5 Å². The number of amides is 1. The van der Waals surface area contributed by atoms with E-state index in [1.54, 1.807) is 0 Å². The van der Waals surface area contributed by atoms with Crippen LogP contribution in [0.2, 0.25) is 0 Å². The molecule has 0 atom stereocenters. The van der Waals surface area contributed by atoms with Crippen LogP contribution in [0.3, 0.4) is 0 Å². The number of benzene rings is 1. The van der Waals surface area contributed by atoms with Crippen molar-refractivity contribution in [2.45, 2.75) is 39.0 Å². The first-order valence-electron chi connectivity index (χ1n) is 6.90. The molecule has 2 rings (SSSR count). The van der Waals surface area contributed by atoms with Gasteiger partial charge in [-0.05, 0) is 30.5 Å². The van der Waals surface area contributed by atoms with E-state index in [0.717, 1.165) is 36.9 Å². The number of oxime groups is 1. The molecule has 1 aromatic carbocycles. The fourth-order valence-corrected chi connectivity index (χ4v) is 2.61. The van der Waals surface area contributed by atoms with Crippen LogP contribution in [-0.2, 0) is 11.2 Å². The summed E-state index contributed by atoms with van der Waals surface area (Å²) in [5, 5.41) is 14.4. The summed E-state index contributed by atoms with van der Waals surface area (Å²) in [4.78, 5) is 12.3. The van der Waals surface area contributed by atoms with Gasteiger partial charge >= 0.3 is 0 Å². The minimum Gasteiger partial charge on any atom is -0.409 e. The zero-order valence-electron chi connectivity index (χ0n) is 11.7. The number of amidine groups is 1. The number of nitrogens with two attached hydrogens (primary N) is 1. The second kappa shape index (κ2) is 5.94. The lowest BCUT2D eigenvalue weighted by Gasteiger charge is -2.22. The van der Waals surface area contributed by atoms with Crippen molar-refractivity contribution < 1.29 is 10.0 Å². The fraction of sp³-hybridized carbons (Fsp3) is 0.467. The van der Waals surface area contributed by atoms with Gasteiger partial charge in [0.2, 0.25) is 5.91 Å². The summed E-state index contributed by atoms with van der Waals surface area (Å²) in [6, 6.07) is 7.42. The molecule has 1 fully saturated rings. The predicted molar refractivity (Wildman–Crippen MR) is 78.8 cm³/mol. The molecule has 0 aromatic heterocycles. The van der Waals surface area contributed by atoms with Gasteiger partial charge in [-0.2, -0.15) is 0 Å². The Balaban J connectivity index is 1.98. The Hall–Kier alpha value is -2.04. The lowest BCUT2D eigenvalue weighted by atomic mass is 9.88. The van der Waals surface area contributed by atoms with E-state index >= 15 is 0 Å². The zero-order chi connectivity index (χ0) is 14.6. The van der Waals surface area contributed by atoms with E-state index in [-0.39, 0.29) is 17.2 Å². The van der Waals surface area contributed by atoms with E-state index in [0.29, 0.717) is 6.42 Å². The van der Waals surface area contributed by atoms with Gasteiger partial charge in [0.25, 0.3) is 0 Å². The summed E-state index contributed by atoms with van der Waals surface area (Å²) in [6.07, 6.45) is 4.56. The van der Waals surface area contributed by atoms with Gasteiger partial charge in [0.1, 0.15) is 5.84 Å². The zero-order valence-corrected chi connectivity index (χ0v) is 11.7. The molecule has 0 unspecified atom stereocenters. The van der Waals surface area contributed by atoms with Gasteiger partial charge in [0.05, 0.1) is 0 Å². The second-order valence-electron chi connectivity index (χ2n) is 5.69. The second-order valence-corrected chi connectivity index (χ2v) is 5.69. The average molecular weight is 275 g/mol. The van der Waals surface area contributed by atoms with Crippen LogP contribution in [0.5, 0.6) is 0 Å². The molecular weight excluding hydrogens is 254 g/mol. The first-order valence-corrected chi connectivity index (χ1v) is 6.90. The van der Waals surface area contributed by atoms with Crippen LogP contribution in [0.1, 0.15) is 38.2 Å². The van der Waals surface area contributed by atoms with E-state index in [4.69, 9.17) is 10.9 Å². The van der Waals surface area contributed by atoms with Crippen molar-refractivity contribution in [1.29, 1.82) is 0 Å². The van der Waals surface area contributed by atoms with Crippen LogP contribution in [-0.4, -0.2) is 17.0 Å².